The van der Waals surface area contributed by atoms with Crippen LogP contribution in [-0.4, -0.2) is 51.4 Å². The second kappa shape index (κ2) is 10.8. The van der Waals surface area contributed by atoms with Gasteiger partial charge in [0.25, 0.3) is 10.0 Å². The number of carbonyl (C=O) groups is 2. The first-order valence-corrected chi connectivity index (χ1v) is 13.0. The molecule has 0 fully saturated rings. The number of nitrogens with one attached hydrogen (secondary N) is 1. The molecule has 1 heterocycles. The first-order chi connectivity index (χ1) is 17.2. The zero-order valence-corrected chi connectivity index (χ0v) is 22.1. The number of aliphatic carboxylic acids is 1. The summed E-state index contributed by atoms with van der Waals surface area (Å²) in [6.07, 6.45) is -2.03. The second-order valence-corrected chi connectivity index (χ2v) is 11.6. The second-order valence-electron chi connectivity index (χ2n) is 9.73. The van der Waals surface area contributed by atoms with E-state index in [2.05, 4.69) is 5.32 Å². The molecule has 1 amide bonds. The number of halogens is 1. The molecule has 0 saturated heterocycles. The molecule has 1 aliphatic rings. The molecule has 12 heteroatoms. The minimum absolute atomic E-state index is 0.0601. The van der Waals surface area contributed by atoms with Gasteiger partial charge < -0.3 is 19.3 Å². The quantitative estimate of drug-likeness (QED) is 0.497. The number of amides is 1. The highest BCUT2D eigenvalue weighted by atomic mass is 32.2. The van der Waals surface area contributed by atoms with Crippen molar-refractivity contribution < 1.29 is 41.7 Å². The molecular weight excluding hydrogens is 507 g/mol. The highest BCUT2D eigenvalue weighted by Gasteiger charge is 2.35. The molecule has 0 saturated carbocycles. The SMILES string of the molecule is COc1cc(S(=O)(=O)N2C[C@H](CCC(=O)O)Oc3ccc(NC(=O)O[C@@H](C)C(C)(C)C)cc32)ccc1F. The standard InChI is InChI=1S/C25H31FN2O8S/c1-15(25(2,3)4)35-24(31)27-16-6-10-21-20(12-16)28(14-17(36-21)7-11-23(29)30)37(32,33)18-8-9-19(26)22(13-18)34-5/h6,8-10,12-13,15,17H,7,11,14H2,1-5H3,(H,27,31)(H,29,30)/t15-,17-/m0/s1. The Morgan fingerprint density at radius 3 is 2.57 bits per heavy atom. The van der Waals surface area contributed by atoms with E-state index in [4.69, 9.17) is 19.3 Å². The van der Waals surface area contributed by atoms with Crippen LogP contribution in [0.2, 0.25) is 0 Å². The number of sulfonamides is 1. The van der Waals surface area contributed by atoms with Crippen LogP contribution < -0.4 is 19.1 Å². The van der Waals surface area contributed by atoms with Gasteiger partial charge in [0.2, 0.25) is 0 Å². The number of anilines is 2. The smallest absolute Gasteiger partial charge is 0.411 e. The molecule has 2 N–H and O–H groups in total. The van der Waals surface area contributed by atoms with Crippen LogP contribution in [-0.2, 0) is 19.6 Å². The van der Waals surface area contributed by atoms with Gasteiger partial charge in [-0.05, 0) is 49.1 Å². The monoisotopic (exact) mass is 538 g/mol. The first-order valence-electron chi connectivity index (χ1n) is 11.6. The fourth-order valence-corrected chi connectivity index (χ4v) is 4.98. The summed E-state index contributed by atoms with van der Waals surface area (Å²) in [6.45, 7) is 7.35. The molecule has 2 aromatic carbocycles. The van der Waals surface area contributed by atoms with E-state index in [0.29, 0.717) is 0 Å². The van der Waals surface area contributed by atoms with E-state index < -0.39 is 40.1 Å². The van der Waals surface area contributed by atoms with E-state index in [-0.39, 0.29) is 52.6 Å². The van der Waals surface area contributed by atoms with Crippen molar-refractivity contribution in [2.24, 2.45) is 5.41 Å². The average molecular weight is 539 g/mol. The number of hydrogen-bond donors (Lipinski definition) is 2. The van der Waals surface area contributed by atoms with Crippen molar-refractivity contribution >= 4 is 33.5 Å². The Bertz CT molecular complexity index is 1280. The highest BCUT2D eigenvalue weighted by Crippen LogP contribution is 2.40. The molecule has 10 nitrogen and oxygen atoms in total. The highest BCUT2D eigenvalue weighted by molar-refractivity contribution is 7.92. The maximum Gasteiger partial charge on any atom is 0.411 e. The van der Waals surface area contributed by atoms with Crippen LogP contribution in [0.5, 0.6) is 11.5 Å². The Morgan fingerprint density at radius 2 is 1.95 bits per heavy atom. The maximum absolute atomic E-state index is 14.0. The number of methoxy groups -OCH3 is 1. The Kier molecular flexibility index (Phi) is 8.21. The Morgan fingerprint density at radius 1 is 1.24 bits per heavy atom. The fraction of sp³-hybridized carbons (Fsp3) is 0.440. The van der Waals surface area contributed by atoms with E-state index in [1.165, 1.54) is 25.3 Å². The van der Waals surface area contributed by atoms with Crippen molar-refractivity contribution in [3.63, 3.8) is 0 Å². The summed E-state index contributed by atoms with van der Waals surface area (Å²) in [7, 11) is -3.04. The molecule has 0 aromatic heterocycles. The van der Waals surface area contributed by atoms with Crippen molar-refractivity contribution in [1.82, 2.24) is 0 Å². The number of fused-ring (bicyclic) bond motifs is 1. The van der Waals surface area contributed by atoms with Gasteiger partial charge in [0.05, 0.1) is 24.2 Å². The Labute approximate surface area is 215 Å². The molecule has 2 aromatic rings. The van der Waals surface area contributed by atoms with Gasteiger partial charge in [0.15, 0.2) is 11.6 Å². The Balaban J connectivity index is 1.98. The molecular formula is C25H31FN2O8S. The number of carboxylic acids is 1. The van der Waals surface area contributed by atoms with Crippen LogP contribution in [0.4, 0.5) is 20.6 Å². The fourth-order valence-electron chi connectivity index (χ4n) is 3.46. The minimum atomic E-state index is -4.26. The summed E-state index contributed by atoms with van der Waals surface area (Å²) in [4.78, 5) is 23.3. The molecule has 0 spiro atoms. The van der Waals surface area contributed by atoms with Gasteiger partial charge in [-0.3, -0.25) is 14.4 Å². The van der Waals surface area contributed by atoms with E-state index in [1.54, 1.807) is 6.92 Å². The van der Waals surface area contributed by atoms with E-state index in [0.717, 1.165) is 22.5 Å². The van der Waals surface area contributed by atoms with E-state index >= 15 is 0 Å². The number of carbonyl (C=O) groups excluding carboxylic acids is 1. The van der Waals surface area contributed by atoms with Gasteiger partial charge >= 0.3 is 12.1 Å². The largest absolute Gasteiger partial charge is 0.494 e. The third-order valence-corrected chi connectivity index (χ3v) is 7.81. The molecule has 3 rings (SSSR count). The molecule has 0 unspecified atom stereocenters. The average Bonchev–Trinajstić information content (AvgIpc) is 2.81. The summed E-state index contributed by atoms with van der Waals surface area (Å²) >= 11 is 0. The van der Waals surface area contributed by atoms with Crippen LogP contribution in [0, 0.1) is 11.2 Å². The van der Waals surface area contributed by atoms with Crippen molar-refractivity contribution in [3.8, 4) is 11.5 Å². The summed E-state index contributed by atoms with van der Waals surface area (Å²) in [5.74, 6) is -1.84. The minimum Gasteiger partial charge on any atom is -0.494 e. The number of ether oxygens (including phenoxy) is 3. The predicted octanol–water partition coefficient (Wildman–Crippen LogP) is 4.64. The predicted molar refractivity (Wildman–Crippen MR) is 134 cm³/mol. The van der Waals surface area contributed by atoms with Crippen molar-refractivity contribution in [1.29, 1.82) is 0 Å². The number of rotatable bonds is 8. The van der Waals surface area contributed by atoms with Crippen molar-refractivity contribution in [3.05, 3.63) is 42.2 Å². The molecule has 0 radical (unpaired) electrons. The lowest BCUT2D eigenvalue weighted by Crippen LogP contribution is -2.43. The Hall–Kier alpha value is -3.54. The molecule has 202 valence electrons. The number of nitrogens with zero attached hydrogens (tertiary/aromatic N) is 1. The zero-order chi connectivity index (χ0) is 27.5. The third kappa shape index (κ3) is 6.62. The lowest BCUT2D eigenvalue weighted by molar-refractivity contribution is -0.137. The van der Waals surface area contributed by atoms with Crippen LogP contribution in [0.3, 0.4) is 0 Å². The lowest BCUT2D eigenvalue weighted by Gasteiger charge is -2.35. The van der Waals surface area contributed by atoms with Crippen molar-refractivity contribution in [2.45, 2.75) is 57.6 Å². The van der Waals surface area contributed by atoms with Crippen LogP contribution in [0.25, 0.3) is 0 Å². The van der Waals surface area contributed by atoms with Crippen LogP contribution in [0.1, 0.15) is 40.5 Å². The molecule has 2 atom stereocenters. The number of hydrogen-bond acceptors (Lipinski definition) is 7. The molecule has 0 bridgehead atoms. The zero-order valence-electron chi connectivity index (χ0n) is 21.3. The molecule has 0 aliphatic carbocycles. The molecule has 37 heavy (non-hydrogen) atoms. The lowest BCUT2D eigenvalue weighted by atomic mass is 9.90. The van der Waals surface area contributed by atoms with Gasteiger partial charge in [0.1, 0.15) is 18.0 Å². The van der Waals surface area contributed by atoms with Gasteiger partial charge in [-0.25, -0.2) is 17.6 Å². The summed E-state index contributed by atoms with van der Waals surface area (Å²) < 4.78 is 58.6. The summed E-state index contributed by atoms with van der Waals surface area (Å²) in [5.41, 5.74) is 0.0958. The summed E-state index contributed by atoms with van der Waals surface area (Å²) in [6, 6.07) is 7.59. The van der Waals surface area contributed by atoms with Gasteiger partial charge in [0, 0.05) is 18.2 Å². The topological polar surface area (TPSA) is 131 Å². The van der Waals surface area contributed by atoms with Gasteiger partial charge in [-0.15, -0.1) is 0 Å². The van der Waals surface area contributed by atoms with Gasteiger partial charge in [-0.2, -0.15) is 0 Å². The molecule has 1 aliphatic heterocycles. The number of benzene rings is 2. The third-order valence-electron chi connectivity index (χ3n) is 6.03. The van der Waals surface area contributed by atoms with E-state index in [1.807, 2.05) is 20.8 Å². The van der Waals surface area contributed by atoms with Gasteiger partial charge in [-0.1, -0.05) is 20.8 Å². The summed E-state index contributed by atoms with van der Waals surface area (Å²) in [5, 5.41) is 11.7. The van der Waals surface area contributed by atoms with Crippen molar-refractivity contribution in [2.75, 3.05) is 23.3 Å². The normalized spacial score (nSPS) is 16.3. The van der Waals surface area contributed by atoms with E-state index in [9.17, 15) is 22.4 Å². The maximum atomic E-state index is 14.0. The van der Waals surface area contributed by atoms with Crippen LogP contribution in [0.15, 0.2) is 41.3 Å². The number of carboxylic acid groups (broad SMARTS) is 1. The first kappa shape index (κ1) is 28.0. The van der Waals surface area contributed by atoms with Crippen LogP contribution >= 0.6 is 0 Å².